The zero-order valence-corrected chi connectivity index (χ0v) is 24.2. The lowest BCUT2D eigenvalue weighted by Gasteiger charge is -2.66. The summed E-state index contributed by atoms with van der Waals surface area (Å²) >= 11 is 0. The molecule has 0 aromatic rings. The van der Waals surface area contributed by atoms with Crippen molar-refractivity contribution in [1.29, 1.82) is 0 Å². The van der Waals surface area contributed by atoms with Crippen LogP contribution in [-0.4, -0.2) is 18.4 Å². The summed E-state index contributed by atoms with van der Waals surface area (Å²) in [4.78, 5) is 26.4. The van der Waals surface area contributed by atoms with Gasteiger partial charge in [-0.2, -0.15) is 0 Å². The van der Waals surface area contributed by atoms with Crippen LogP contribution < -0.4 is 0 Å². The van der Waals surface area contributed by atoms with E-state index in [1.54, 1.807) is 0 Å². The topological polar surface area (TPSA) is 43.4 Å². The number of ether oxygens (including phenoxy) is 1. The molecule has 200 valence electrons. The zero-order chi connectivity index (χ0) is 25.8. The molecule has 3 heteroatoms. The summed E-state index contributed by atoms with van der Waals surface area (Å²) < 4.78 is 5.88. The standard InChI is InChI=1S/C32H54O3/c1-21(2)11-9-12-22(3)24-15-18-31(8)25-13-14-27-29(5,6)16-10-17-30(27,7)28(25)26(34)19-32(24,31)20-35-23(4)33/h21-22,24-25,27-28H,9-20H2,1-8H3/t22-,24-,25-,27+,28-,30+,31+,32+/m1/s1. The predicted molar refractivity (Wildman–Crippen MR) is 143 cm³/mol. The van der Waals surface area contributed by atoms with Gasteiger partial charge in [-0.1, -0.05) is 74.1 Å². The van der Waals surface area contributed by atoms with Crippen molar-refractivity contribution in [2.45, 2.75) is 126 Å². The van der Waals surface area contributed by atoms with E-state index in [9.17, 15) is 9.59 Å². The SMILES string of the molecule is CC(=O)OC[C@]12CC(=O)[C@H]3[C@@H](CC[C@H]4C(C)(C)CCC[C@]34C)[C@]1(C)CC[C@@H]2[C@H](C)CCCC(C)C. The third kappa shape index (κ3) is 4.33. The van der Waals surface area contributed by atoms with Crippen LogP contribution in [0.25, 0.3) is 0 Å². The van der Waals surface area contributed by atoms with Gasteiger partial charge in [0.2, 0.25) is 0 Å². The van der Waals surface area contributed by atoms with E-state index in [1.165, 1.54) is 71.1 Å². The molecule has 4 saturated carbocycles. The first-order chi connectivity index (χ1) is 16.3. The summed E-state index contributed by atoms with van der Waals surface area (Å²) in [6.07, 6.45) is 12.9. The highest BCUT2D eigenvalue weighted by Gasteiger charge is 2.71. The highest BCUT2D eigenvalue weighted by Crippen LogP contribution is 2.74. The Kier molecular flexibility index (Phi) is 7.35. The maximum absolute atomic E-state index is 14.4. The maximum Gasteiger partial charge on any atom is 0.302 e. The molecule has 0 spiro atoms. The van der Waals surface area contributed by atoms with E-state index in [1.807, 2.05) is 0 Å². The molecular formula is C32H54O3. The van der Waals surface area contributed by atoms with Crippen LogP contribution in [0.2, 0.25) is 0 Å². The summed E-state index contributed by atoms with van der Waals surface area (Å²) in [5.74, 6) is 3.34. The van der Waals surface area contributed by atoms with Crippen molar-refractivity contribution in [3.05, 3.63) is 0 Å². The minimum absolute atomic E-state index is 0.0770. The second-order valence-corrected chi connectivity index (χ2v) is 15.0. The van der Waals surface area contributed by atoms with Gasteiger partial charge in [-0.3, -0.25) is 9.59 Å². The number of hydrogen-bond acceptors (Lipinski definition) is 3. The Bertz CT molecular complexity index is 814. The van der Waals surface area contributed by atoms with Crippen LogP contribution in [0.15, 0.2) is 0 Å². The van der Waals surface area contributed by atoms with E-state index in [0.717, 1.165) is 5.92 Å². The van der Waals surface area contributed by atoms with Crippen molar-refractivity contribution in [1.82, 2.24) is 0 Å². The van der Waals surface area contributed by atoms with Crippen LogP contribution in [0.1, 0.15) is 126 Å². The van der Waals surface area contributed by atoms with E-state index in [4.69, 9.17) is 4.74 Å². The minimum Gasteiger partial charge on any atom is -0.465 e. The number of hydrogen-bond donors (Lipinski definition) is 0. The Morgan fingerprint density at radius 2 is 1.71 bits per heavy atom. The Balaban J connectivity index is 1.69. The number of ketones is 1. The lowest BCUT2D eigenvalue weighted by atomic mass is 9.37. The number of carbonyl (C=O) groups is 2. The number of rotatable bonds is 7. The second kappa shape index (κ2) is 9.46. The molecule has 0 amide bonds. The Labute approximate surface area is 215 Å². The highest BCUT2D eigenvalue weighted by atomic mass is 16.5. The first-order valence-corrected chi connectivity index (χ1v) is 14.9. The molecule has 0 heterocycles. The fraction of sp³-hybridized carbons (Fsp3) is 0.938. The van der Waals surface area contributed by atoms with Crippen molar-refractivity contribution in [2.24, 2.45) is 57.2 Å². The van der Waals surface area contributed by atoms with Gasteiger partial charge in [-0.15, -0.1) is 0 Å². The van der Waals surface area contributed by atoms with Crippen molar-refractivity contribution < 1.29 is 14.3 Å². The number of carbonyl (C=O) groups excluding carboxylic acids is 2. The molecule has 4 fully saturated rings. The molecule has 0 aromatic heterocycles. The van der Waals surface area contributed by atoms with Crippen LogP contribution in [0.5, 0.6) is 0 Å². The molecule has 3 nitrogen and oxygen atoms in total. The fourth-order valence-electron chi connectivity index (χ4n) is 10.7. The van der Waals surface area contributed by atoms with Gasteiger partial charge >= 0.3 is 5.97 Å². The summed E-state index contributed by atoms with van der Waals surface area (Å²) in [7, 11) is 0. The van der Waals surface area contributed by atoms with Gasteiger partial charge in [0, 0.05) is 24.7 Å². The maximum atomic E-state index is 14.4. The highest BCUT2D eigenvalue weighted by molar-refractivity contribution is 5.85. The van der Waals surface area contributed by atoms with E-state index in [2.05, 4.69) is 48.5 Å². The molecule has 0 N–H and O–H groups in total. The molecule has 4 rings (SSSR count). The van der Waals surface area contributed by atoms with Crippen molar-refractivity contribution in [2.75, 3.05) is 6.61 Å². The Morgan fingerprint density at radius 1 is 1.00 bits per heavy atom. The first kappa shape index (κ1) is 27.2. The third-order valence-electron chi connectivity index (χ3n) is 12.3. The molecule has 4 aliphatic carbocycles. The molecule has 0 saturated heterocycles. The van der Waals surface area contributed by atoms with Gasteiger partial charge in [0.25, 0.3) is 0 Å². The predicted octanol–water partition coefficient (Wildman–Crippen LogP) is 8.25. The Morgan fingerprint density at radius 3 is 2.37 bits per heavy atom. The van der Waals surface area contributed by atoms with E-state index < -0.39 is 0 Å². The van der Waals surface area contributed by atoms with E-state index in [-0.39, 0.29) is 28.1 Å². The smallest absolute Gasteiger partial charge is 0.302 e. The first-order valence-electron chi connectivity index (χ1n) is 14.9. The van der Waals surface area contributed by atoms with Crippen LogP contribution in [0.4, 0.5) is 0 Å². The summed E-state index contributed by atoms with van der Waals surface area (Å²) in [6.45, 7) is 18.9. The van der Waals surface area contributed by atoms with Crippen molar-refractivity contribution in [3.63, 3.8) is 0 Å². The van der Waals surface area contributed by atoms with Gasteiger partial charge < -0.3 is 4.74 Å². The third-order valence-corrected chi connectivity index (χ3v) is 12.3. The van der Waals surface area contributed by atoms with Crippen LogP contribution in [0, 0.1) is 57.2 Å². The fourth-order valence-corrected chi connectivity index (χ4v) is 10.7. The molecule has 0 unspecified atom stereocenters. The van der Waals surface area contributed by atoms with Crippen LogP contribution >= 0.6 is 0 Å². The normalized spacial score (nSPS) is 43.3. The van der Waals surface area contributed by atoms with Gasteiger partial charge in [0.05, 0.1) is 6.61 Å². The second-order valence-electron chi connectivity index (χ2n) is 15.0. The molecule has 35 heavy (non-hydrogen) atoms. The number of esters is 1. The van der Waals surface area contributed by atoms with E-state index in [0.29, 0.717) is 47.9 Å². The molecule has 0 bridgehead atoms. The Hall–Kier alpha value is -0.860. The van der Waals surface area contributed by atoms with Crippen LogP contribution in [0.3, 0.4) is 0 Å². The summed E-state index contributed by atoms with van der Waals surface area (Å²) in [5, 5.41) is 0. The molecule has 0 aromatic carbocycles. The lowest BCUT2D eigenvalue weighted by molar-refractivity contribution is -0.199. The summed E-state index contributed by atoms with van der Waals surface area (Å²) in [5.41, 5.74) is 0.336. The largest absolute Gasteiger partial charge is 0.465 e. The molecule has 0 radical (unpaired) electrons. The van der Waals surface area contributed by atoms with Crippen molar-refractivity contribution in [3.8, 4) is 0 Å². The summed E-state index contributed by atoms with van der Waals surface area (Å²) in [6, 6.07) is 0. The quantitative estimate of drug-likeness (QED) is 0.340. The molecular weight excluding hydrogens is 432 g/mol. The monoisotopic (exact) mass is 486 g/mol. The molecule has 8 atom stereocenters. The number of fused-ring (bicyclic) bond motifs is 5. The van der Waals surface area contributed by atoms with Gasteiger partial charge in [-0.25, -0.2) is 0 Å². The van der Waals surface area contributed by atoms with Gasteiger partial charge in [0.15, 0.2) is 0 Å². The van der Waals surface area contributed by atoms with Crippen LogP contribution in [-0.2, 0) is 14.3 Å². The average molecular weight is 487 g/mol. The minimum atomic E-state index is -0.195. The van der Waals surface area contributed by atoms with Gasteiger partial charge in [0.1, 0.15) is 5.78 Å². The lowest BCUT2D eigenvalue weighted by Crippen LogP contribution is -2.64. The number of Topliss-reactive ketones (excluding diaryl/α,β-unsaturated/α-hetero) is 1. The average Bonchev–Trinajstić information content (AvgIpc) is 3.04. The molecule has 0 aliphatic heterocycles. The van der Waals surface area contributed by atoms with E-state index >= 15 is 0 Å². The molecule has 4 aliphatic rings. The van der Waals surface area contributed by atoms with Crippen molar-refractivity contribution >= 4 is 11.8 Å². The van der Waals surface area contributed by atoms with Gasteiger partial charge in [-0.05, 0) is 84.4 Å². The zero-order valence-electron chi connectivity index (χ0n) is 24.2.